The van der Waals surface area contributed by atoms with Gasteiger partial charge in [-0.2, -0.15) is 0 Å². The number of carbonyl (C=O) groups is 1. The molecule has 5 heteroatoms. The number of ether oxygens (including phenoxy) is 1. The van der Waals surface area contributed by atoms with Gasteiger partial charge in [0, 0.05) is 11.9 Å². The van der Waals surface area contributed by atoms with Crippen LogP contribution in [0.4, 0.5) is 0 Å². The number of carbonyl (C=O) groups excluding carboxylic acids is 1. The Morgan fingerprint density at radius 3 is 3.05 bits per heavy atom. The minimum atomic E-state index is -0.0456. The second kappa shape index (κ2) is 5.60. The lowest BCUT2D eigenvalue weighted by molar-refractivity contribution is 0.0941. The van der Waals surface area contributed by atoms with Crippen LogP contribution in [0.2, 0.25) is 5.02 Å². The quantitative estimate of drug-likeness (QED) is 0.940. The Kier molecular flexibility index (Phi) is 3.81. The Morgan fingerprint density at radius 2 is 2.29 bits per heavy atom. The van der Waals surface area contributed by atoms with E-state index < -0.39 is 0 Å². The van der Waals surface area contributed by atoms with E-state index in [4.69, 9.17) is 16.3 Å². The maximum absolute atomic E-state index is 12.4. The van der Waals surface area contributed by atoms with E-state index in [0.717, 1.165) is 23.1 Å². The molecular weight excluding hydrogens is 288 g/mol. The van der Waals surface area contributed by atoms with Crippen molar-refractivity contribution < 1.29 is 9.53 Å². The predicted octanol–water partition coefficient (Wildman–Crippen LogP) is 3.46. The molecule has 0 saturated heterocycles. The van der Waals surface area contributed by atoms with E-state index in [0.29, 0.717) is 36.3 Å². The van der Waals surface area contributed by atoms with E-state index in [9.17, 15) is 4.79 Å². The number of rotatable bonds is 4. The number of amides is 1. The maximum atomic E-state index is 12.4. The molecular formula is C16H19ClN2O2. The lowest BCUT2D eigenvalue weighted by Crippen LogP contribution is -2.28. The number of hydrogen-bond donors (Lipinski definition) is 1. The van der Waals surface area contributed by atoms with Gasteiger partial charge in [-0.25, -0.2) is 0 Å². The summed E-state index contributed by atoms with van der Waals surface area (Å²) in [7, 11) is 0. The molecule has 0 spiro atoms. The Balaban J connectivity index is 1.95. The standard InChI is InChI=1S/C16H19ClN2O2/c1-10(2)5-6-18-16(20)13-9-11-12(17)3-4-14-15(11)19(13)7-8-21-14/h3-4,9-10H,5-8H2,1-2H3,(H,18,20). The van der Waals surface area contributed by atoms with Crippen molar-refractivity contribution in [3.05, 3.63) is 28.9 Å². The third-order valence-corrected chi connectivity index (χ3v) is 4.11. The van der Waals surface area contributed by atoms with E-state index in [-0.39, 0.29) is 5.91 Å². The van der Waals surface area contributed by atoms with Crippen molar-refractivity contribution in [2.45, 2.75) is 26.8 Å². The van der Waals surface area contributed by atoms with Crippen LogP contribution in [0.25, 0.3) is 10.9 Å². The second-order valence-corrected chi connectivity index (χ2v) is 6.18. The van der Waals surface area contributed by atoms with Crippen LogP contribution in [0.15, 0.2) is 18.2 Å². The van der Waals surface area contributed by atoms with Crippen molar-refractivity contribution in [1.82, 2.24) is 9.88 Å². The van der Waals surface area contributed by atoms with E-state index in [1.165, 1.54) is 0 Å². The lowest BCUT2D eigenvalue weighted by Gasteiger charge is -2.19. The maximum Gasteiger partial charge on any atom is 0.267 e. The van der Waals surface area contributed by atoms with E-state index in [1.54, 1.807) is 0 Å². The number of benzene rings is 1. The van der Waals surface area contributed by atoms with Crippen molar-refractivity contribution >= 4 is 28.4 Å². The summed E-state index contributed by atoms with van der Waals surface area (Å²) in [5, 5.41) is 4.51. The fourth-order valence-corrected chi connectivity index (χ4v) is 2.87. The first kappa shape index (κ1) is 14.3. The summed E-state index contributed by atoms with van der Waals surface area (Å²) >= 11 is 6.25. The molecule has 112 valence electrons. The molecule has 1 aromatic heterocycles. The summed E-state index contributed by atoms with van der Waals surface area (Å²) in [4.78, 5) is 12.4. The number of hydrogen-bond acceptors (Lipinski definition) is 2. The molecule has 21 heavy (non-hydrogen) atoms. The molecule has 0 radical (unpaired) electrons. The van der Waals surface area contributed by atoms with Crippen molar-refractivity contribution in [1.29, 1.82) is 0 Å². The zero-order valence-corrected chi connectivity index (χ0v) is 13.0. The van der Waals surface area contributed by atoms with E-state index in [2.05, 4.69) is 19.2 Å². The van der Waals surface area contributed by atoms with Crippen LogP contribution in [-0.2, 0) is 6.54 Å². The third kappa shape index (κ3) is 2.60. The third-order valence-electron chi connectivity index (χ3n) is 3.78. The van der Waals surface area contributed by atoms with Crippen molar-refractivity contribution in [3.8, 4) is 5.75 Å². The SMILES string of the molecule is CC(C)CCNC(=O)c1cc2c(Cl)ccc3c2n1CCO3. The number of aromatic nitrogens is 1. The highest BCUT2D eigenvalue weighted by Crippen LogP contribution is 2.36. The molecule has 3 rings (SSSR count). The highest BCUT2D eigenvalue weighted by molar-refractivity contribution is 6.36. The fraction of sp³-hybridized carbons (Fsp3) is 0.438. The zero-order chi connectivity index (χ0) is 15.0. The Hall–Kier alpha value is -1.68. The van der Waals surface area contributed by atoms with Crippen LogP contribution >= 0.6 is 11.6 Å². The molecule has 0 unspecified atom stereocenters. The van der Waals surface area contributed by atoms with Gasteiger partial charge in [0.2, 0.25) is 0 Å². The van der Waals surface area contributed by atoms with Gasteiger partial charge >= 0.3 is 0 Å². The molecule has 2 heterocycles. The minimum Gasteiger partial charge on any atom is -0.490 e. The highest BCUT2D eigenvalue weighted by atomic mass is 35.5. The lowest BCUT2D eigenvalue weighted by atomic mass is 10.1. The number of nitrogens with one attached hydrogen (secondary N) is 1. The molecule has 1 N–H and O–H groups in total. The topological polar surface area (TPSA) is 43.3 Å². The van der Waals surface area contributed by atoms with Gasteiger partial charge in [0.05, 0.1) is 17.1 Å². The molecule has 0 fully saturated rings. The van der Waals surface area contributed by atoms with Gasteiger partial charge in [-0.3, -0.25) is 4.79 Å². The van der Waals surface area contributed by atoms with Crippen LogP contribution in [0.1, 0.15) is 30.8 Å². The van der Waals surface area contributed by atoms with Gasteiger partial charge in [0.25, 0.3) is 5.91 Å². The monoisotopic (exact) mass is 306 g/mol. The van der Waals surface area contributed by atoms with Crippen LogP contribution in [0.5, 0.6) is 5.75 Å². The van der Waals surface area contributed by atoms with Gasteiger partial charge in [0.1, 0.15) is 18.1 Å². The van der Waals surface area contributed by atoms with Crippen LogP contribution in [0.3, 0.4) is 0 Å². The predicted molar refractivity (Wildman–Crippen MR) is 84.2 cm³/mol. The van der Waals surface area contributed by atoms with Crippen LogP contribution in [-0.4, -0.2) is 23.6 Å². The average molecular weight is 307 g/mol. The van der Waals surface area contributed by atoms with Gasteiger partial charge in [-0.1, -0.05) is 25.4 Å². The van der Waals surface area contributed by atoms with Crippen LogP contribution in [0, 0.1) is 5.92 Å². The molecule has 0 aliphatic carbocycles. The fourth-order valence-electron chi connectivity index (χ4n) is 2.66. The largest absolute Gasteiger partial charge is 0.490 e. The van der Waals surface area contributed by atoms with Gasteiger partial charge < -0.3 is 14.6 Å². The Morgan fingerprint density at radius 1 is 1.48 bits per heavy atom. The van der Waals surface area contributed by atoms with Gasteiger partial charge in [0.15, 0.2) is 0 Å². The summed E-state index contributed by atoms with van der Waals surface area (Å²) in [6.07, 6.45) is 0.973. The summed E-state index contributed by atoms with van der Waals surface area (Å²) in [5.41, 5.74) is 1.58. The van der Waals surface area contributed by atoms with Crippen LogP contribution < -0.4 is 10.1 Å². The Labute approximate surface area is 129 Å². The summed E-state index contributed by atoms with van der Waals surface area (Å²) in [6.45, 7) is 6.22. The highest BCUT2D eigenvalue weighted by Gasteiger charge is 2.22. The molecule has 1 aliphatic heterocycles. The second-order valence-electron chi connectivity index (χ2n) is 5.78. The summed E-state index contributed by atoms with van der Waals surface area (Å²) in [5.74, 6) is 1.32. The molecule has 4 nitrogen and oxygen atoms in total. The summed E-state index contributed by atoms with van der Waals surface area (Å²) < 4.78 is 7.65. The minimum absolute atomic E-state index is 0.0456. The van der Waals surface area contributed by atoms with Crippen molar-refractivity contribution in [2.75, 3.05) is 13.2 Å². The molecule has 0 atom stereocenters. The Bertz CT molecular complexity index is 691. The smallest absolute Gasteiger partial charge is 0.267 e. The van der Waals surface area contributed by atoms with Gasteiger partial charge in [-0.15, -0.1) is 0 Å². The van der Waals surface area contributed by atoms with E-state index >= 15 is 0 Å². The molecule has 0 saturated carbocycles. The molecule has 2 aromatic rings. The molecule has 0 bridgehead atoms. The average Bonchev–Trinajstić information content (AvgIpc) is 2.84. The first-order valence-corrected chi connectivity index (χ1v) is 7.68. The first-order valence-electron chi connectivity index (χ1n) is 7.30. The number of halogens is 1. The molecule has 1 aromatic carbocycles. The number of nitrogens with zero attached hydrogens (tertiary/aromatic N) is 1. The normalized spacial score (nSPS) is 13.5. The zero-order valence-electron chi connectivity index (χ0n) is 12.3. The van der Waals surface area contributed by atoms with E-state index in [1.807, 2.05) is 22.8 Å². The summed E-state index contributed by atoms with van der Waals surface area (Å²) in [6, 6.07) is 5.54. The molecule has 1 amide bonds. The van der Waals surface area contributed by atoms with Gasteiger partial charge in [-0.05, 0) is 30.5 Å². The molecule has 1 aliphatic rings. The van der Waals surface area contributed by atoms with Crippen molar-refractivity contribution in [3.63, 3.8) is 0 Å². The first-order chi connectivity index (χ1) is 10.1. The van der Waals surface area contributed by atoms with Crippen molar-refractivity contribution in [2.24, 2.45) is 5.92 Å².